The molecule has 0 saturated carbocycles. The molecule has 0 aliphatic heterocycles. The van der Waals surface area contributed by atoms with Crippen LogP contribution in [0.2, 0.25) is 0 Å². The number of nitrogens with one attached hydrogen (secondary N) is 1. The molecule has 0 atom stereocenters. The van der Waals surface area contributed by atoms with Crippen LogP contribution in [-0.2, 0) is 0 Å². The van der Waals surface area contributed by atoms with Crippen molar-refractivity contribution in [3.8, 4) is 11.6 Å². The normalized spacial score (nSPS) is 10.3. The number of aromatic nitrogens is 2. The Morgan fingerprint density at radius 1 is 1.25 bits per heavy atom. The van der Waals surface area contributed by atoms with Crippen molar-refractivity contribution in [2.24, 2.45) is 0 Å². The van der Waals surface area contributed by atoms with Gasteiger partial charge >= 0.3 is 0 Å². The van der Waals surface area contributed by atoms with Gasteiger partial charge in [0.2, 0.25) is 5.88 Å². The summed E-state index contributed by atoms with van der Waals surface area (Å²) < 4.78 is 6.52. The average molecular weight is 354 g/mol. The molecule has 1 N–H and O–H groups in total. The van der Waals surface area contributed by atoms with Crippen molar-refractivity contribution in [2.45, 2.75) is 18.2 Å². The standard InChI is InChI=1S/C14H16BrN3OS/c1-3-8-16-13-12(15)14(18-9-17-13)19-10-4-6-11(20-2)7-5-10/h4-7,9H,3,8H2,1-2H3,(H,16,17,18). The number of hydrogen-bond donors (Lipinski definition) is 1. The molecule has 106 valence electrons. The summed E-state index contributed by atoms with van der Waals surface area (Å²) >= 11 is 5.18. The van der Waals surface area contributed by atoms with E-state index in [1.165, 1.54) is 11.2 Å². The van der Waals surface area contributed by atoms with Crippen LogP contribution in [0, 0.1) is 0 Å². The van der Waals surface area contributed by atoms with Gasteiger partial charge in [-0.15, -0.1) is 11.8 Å². The van der Waals surface area contributed by atoms with E-state index in [1.54, 1.807) is 11.8 Å². The molecule has 2 aromatic rings. The molecule has 0 amide bonds. The van der Waals surface area contributed by atoms with Crippen molar-refractivity contribution in [3.05, 3.63) is 35.1 Å². The highest BCUT2D eigenvalue weighted by Gasteiger charge is 2.10. The van der Waals surface area contributed by atoms with Crippen LogP contribution in [0.1, 0.15) is 13.3 Å². The molecule has 1 aromatic heterocycles. The van der Waals surface area contributed by atoms with E-state index in [0.29, 0.717) is 5.88 Å². The molecule has 1 heterocycles. The Kier molecular flexibility index (Phi) is 5.67. The molecule has 0 spiro atoms. The number of ether oxygens (including phenoxy) is 1. The third-order valence-corrected chi connectivity index (χ3v) is 4.03. The molecule has 2 rings (SSSR count). The summed E-state index contributed by atoms with van der Waals surface area (Å²) in [6, 6.07) is 7.90. The molecule has 1 aromatic carbocycles. The lowest BCUT2D eigenvalue weighted by molar-refractivity contribution is 0.458. The van der Waals surface area contributed by atoms with E-state index in [0.717, 1.165) is 29.0 Å². The number of thioether (sulfide) groups is 1. The maximum absolute atomic E-state index is 5.78. The number of hydrogen-bond acceptors (Lipinski definition) is 5. The first kappa shape index (κ1) is 15.1. The van der Waals surface area contributed by atoms with Crippen molar-refractivity contribution >= 4 is 33.5 Å². The lowest BCUT2D eigenvalue weighted by Crippen LogP contribution is -2.04. The van der Waals surface area contributed by atoms with E-state index >= 15 is 0 Å². The minimum Gasteiger partial charge on any atom is -0.438 e. The fourth-order valence-corrected chi connectivity index (χ4v) is 2.38. The Morgan fingerprint density at radius 3 is 2.65 bits per heavy atom. The van der Waals surface area contributed by atoms with E-state index in [9.17, 15) is 0 Å². The summed E-state index contributed by atoms with van der Waals surface area (Å²) in [6.07, 6.45) is 4.57. The maximum atomic E-state index is 5.78. The van der Waals surface area contributed by atoms with E-state index in [4.69, 9.17) is 4.74 Å². The van der Waals surface area contributed by atoms with Gasteiger partial charge in [0.05, 0.1) is 0 Å². The zero-order valence-electron chi connectivity index (χ0n) is 11.4. The molecule has 0 fully saturated rings. The van der Waals surface area contributed by atoms with Gasteiger partial charge in [0.1, 0.15) is 22.4 Å². The quantitative estimate of drug-likeness (QED) is 0.770. The van der Waals surface area contributed by atoms with Crippen LogP contribution in [0.15, 0.2) is 40.0 Å². The van der Waals surface area contributed by atoms with E-state index in [-0.39, 0.29) is 0 Å². The first-order valence-corrected chi connectivity index (χ1v) is 8.32. The van der Waals surface area contributed by atoms with Crippen LogP contribution < -0.4 is 10.1 Å². The molecule has 6 heteroatoms. The molecule has 20 heavy (non-hydrogen) atoms. The predicted molar refractivity (Wildman–Crippen MR) is 86.8 cm³/mol. The molecule has 0 radical (unpaired) electrons. The van der Waals surface area contributed by atoms with E-state index in [1.807, 2.05) is 30.5 Å². The monoisotopic (exact) mass is 353 g/mol. The third kappa shape index (κ3) is 3.86. The Labute approximate surface area is 131 Å². The van der Waals surface area contributed by atoms with Crippen LogP contribution in [-0.4, -0.2) is 22.8 Å². The summed E-state index contributed by atoms with van der Waals surface area (Å²) in [4.78, 5) is 9.55. The van der Waals surface area contributed by atoms with E-state index < -0.39 is 0 Å². The number of anilines is 1. The van der Waals surface area contributed by atoms with Crippen molar-refractivity contribution in [2.75, 3.05) is 18.1 Å². The van der Waals surface area contributed by atoms with Gasteiger partial charge in [-0.05, 0) is 52.9 Å². The zero-order valence-corrected chi connectivity index (χ0v) is 13.8. The van der Waals surface area contributed by atoms with Gasteiger partial charge in [0, 0.05) is 11.4 Å². The molecule has 4 nitrogen and oxygen atoms in total. The molecular formula is C14H16BrN3OS. The molecule has 0 unspecified atom stereocenters. The lowest BCUT2D eigenvalue weighted by atomic mass is 10.3. The van der Waals surface area contributed by atoms with Gasteiger partial charge in [-0.1, -0.05) is 6.92 Å². The highest BCUT2D eigenvalue weighted by molar-refractivity contribution is 9.10. The smallest absolute Gasteiger partial charge is 0.238 e. The fourth-order valence-electron chi connectivity index (χ4n) is 1.55. The highest BCUT2D eigenvalue weighted by Crippen LogP contribution is 2.32. The third-order valence-electron chi connectivity index (χ3n) is 2.57. The minimum absolute atomic E-state index is 0.510. The van der Waals surface area contributed by atoms with Crippen LogP contribution in [0.3, 0.4) is 0 Å². The van der Waals surface area contributed by atoms with Crippen LogP contribution in [0.25, 0.3) is 0 Å². The predicted octanol–water partition coefficient (Wildman–Crippen LogP) is 4.58. The average Bonchev–Trinajstić information content (AvgIpc) is 2.49. The number of nitrogens with zero attached hydrogens (tertiary/aromatic N) is 2. The van der Waals surface area contributed by atoms with Gasteiger partial charge in [-0.25, -0.2) is 9.97 Å². The molecule has 0 aliphatic carbocycles. The second kappa shape index (κ2) is 7.50. The first-order chi connectivity index (χ1) is 9.74. The Balaban J connectivity index is 2.15. The molecule has 0 saturated heterocycles. The molecular weight excluding hydrogens is 338 g/mol. The number of halogens is 1. The fraction of sp³-hybridized carbons (Fsp3) is 0.286. The van der Waals surface area contributed by atoms with Crippen LogP contribution >= 0.6 is 27.7 Å². The maximum Gasteiger partial charge on any atom is 0.238 e. The van der Waals surface area contributed by atoms with E-state index in [2.05, 4.69) is 38.1 Å². The second-order valence-electron chi connectivity index (χ2n) is 4.05. The molecule has 0 aliphatic rings. The highest BCUT2D eigenvalue weighted by atomic mass is 79.9. The van der Waals surface area contributed by atoms with Gasteiger partial charge in [0.25, 0.3) is 0 Å². The van der Waals surface area contributed by atoms with Crippen molar-refractivity contribution < 1.29 is 4.74 Å². The van der Waals surface area contributed by atoms with Crippen molar-refractivity contribution in [1.29, 1.82) is 0 Å². The SMILES string of the molecule is CCCNc1ncnc(Oc2ccc(SC)cc2)c1Br. The lowest BCUT2D eigenvalue weighted by Gasteiger charge is -2.10. The summed E-state index contributed by atoms with van der Waals surface area (Å²) in [5.74, 6) is 2.01. The first-order valence-electron chi connectivity index (χ1n) is 6.31. The van der Waals surface area contributed by atoms with Crippen molar-refractivity contribution in [1.82, 2.24) is 9.97 Å². The van der Waals surface area contributed by atoms with Gasteiger partial charge in [0.15, 0.2) is 0 Å². The van der Waals surface area contributed by atoms with Crippen LogP contribution in [0.4, 0.5) is 5.82 Å². The minimum atomic E-state index is 0.510. The second-order valence-corrected chi connectivity index (χ2v) is 5.72. The number of benzene rings is 1. The molecule has 0 bridgehead atoms. The van der Waals surface area contributed by atoms with Gasteiger partial charge in [-0.2, -0.15) is 0 Å². The number of rotatable bonds is 6. The Hall–Kier alpha value is -1.27. The van der Waals surface area contributed by atoms with Gasteiger partial charge < -0.3 is 10.1 Å². The summed E-state index contributed by atoms with van der Waals surface area (Å²) in [6.45, 7) is 2.96. The summed E-state index contributed by atoms with van der Waals surface area (Å²) in [5.41, 5.74) is 0. The topological polar surface area (TPSA) is 47.0 Å². The summed E-state index contributed by atoms with van der Waals surface area (Å²) in [5, 5.41) is 3.23. The Bertz CT molecular complexity index is 563. The zero-order chi connectivity index (χ0) is 14.4. The summed E-state index contributed by atoms with van der Waals surface area (Å²) in [7, 11) is 0. The van der Waals surface area contributed by atoms with Crippen LogP contribution in [0.5, 0.6) is 11.6 Å². The largest absolute Gasteiger partial charge is 0.438 e. The van der Waals surface area contributed by atoms with Gasteiger partial charge in [-0.3, -0.25) is 0 Å². The van der Waals surface area contributed by atoms with Crippen molar-refractivity contribution in [3.63, 3.8) is 0 Å². The Morgan fingerprint density at radius 2 is 2.00 bits per heavy atom.